The molecule has 1 amide bonds. The third-order valence-electron chi connectivity index (χ3n) is 2.23. The number of likely N-dealkylation sites (tertiary alicyclic amines) is 1. The lowest BCUT2D eigenvalue weighted by Crippen LogP contribution is -2.47. The fourth-order valence-electron chi connectivity index (χ4n) is 1.55. The van der Waals surface area contributed by atoms with E-state index in [-0.39, 0.29) is 13.0 Å². The molecule has 0 radical (unpaired) electrons. The summed E-state index contributed by atoms with van der Waals surface area (Å²) in [4.78, 5) is 22.5. The monoisotopic (exact) mass is 225 g/mol. The molecule has 0 aromatic heterocycles. The standard InChI is InChI=1S/C8H10F3NO3/c1-15-6(13)5-3-2-4-12(5)7(14)8(9,10)11/h5H,2-4H2,1H3/t5-/m0/s1. The lowest BCUT2D eigenvalue weighted by Gasteiger charge is -2.23. The van der Waals surface area contributed by atoms with Crippen molar-refractivity contribution in [1.82, 2.24) is 4.90 Å². The highest BCUT2D eigenvalue weighted by Crippen LogP contribution is 2.25. The number of methoxy groups -OCH3 is 1. The molecular weight excluding hydrogens is 215 g/mol. The number of esters is 1. The van der Waals surface area contributed by atoms with Gasteiger partial charge in [0.05, 0.1) is 7.11 Å². The summed E-state index contributed by atoms with van der Waals surface area (Å²) < 4.78 is 40.6. The van der Waals surface area contributed by atoms with E-state index in [1.54, 1.807) is 0 Å². The molecule has 0 aromatic carbocycles. The maximum Gasteiger partial charge on any atom is 0.471 e. The Kier molecular flexibility index (Phi) is 3.21. The van der Waals surface area contributed by atoms with Crippen LogP contribution in [0.15, 0.2) is 0 Å². The second-order valence-electron chi connectivity index (χ2n) is 3.18. The molecule has 7 heteroatoms. The highest BCUT2D eigenvalue weighted by molar-refractivity contribution is 5.88. The van der Waals surface area contributed by atoms with Gasteiger partial charge in [0.25, 0.3) is 0 Å². The molecule has 0 aliphatic carbocycles. The summed E-state index contributed by atoms with van der Waals surface area (Å²) in [6, 6.07) is -1.09. The van der Waals surface area contributed by atoms with E-state index < -0.39 is 24.1 Å². The van der Waals surface area contributed by atoms with Crippen molar-refractivity contribution in [2.24, 2.45) is 0 Å². The first kappa shape index (κ1) is 11.8. The van der Waals surface area contributed by atoms with Gasteiger partial charge in [0, 0.05) is 6.54 Å². The summed E-state index contributed by atoms with van der Waals surface area (Å²) in [6.45, 7) is -0.0574. The molecule has 1 aliphatic rings. The van der Waals surface area contributed by atoms with Crippen molar-refractivity contribution in [3.63, 3.8) is 0 Å². The van der Waals surface area contributed by atoms with Gasteiger partial charge in [0.15, 0.2) is 0 Å². The number of hydrogen-bond acceptors (Lipinski definition) is 3. The molecule has 86 valence electrons. The summed E-state index contributed by atoms with van der Waals surface area (Å²) in [6.07, 6.45) is -4.34. The summed E-state index contributed by atoms with van der Waals surface area (Å²) >= 11 is 0. The summed E-state index contributed by atoms with van der Waals surface area (Å²) in [5, 5.41) is 0. The first-order valence-corrected chi connectivity index (χ1v) is 4.33. The number of carbonyl (C=O) groups excluding carboxylic acids is 2. The first-order valence-electron chi connectivity index (χ1n) is 4.33. The van der Waals surface area contributed by atoms with Gasteiger partial charge in [0.1, 0.15) is 6.04 Å². The molecule has 0 unspecified atom stereocenters. The zero-order chi connectivity index (χ0) is 11.6. The van der Waals surface area contributed by atoms with E-state index in [1.165, 1.54) is 0 Å². The molecule has 4 nitrogen and oxygen atoms in total. The van der Waals surface area contributed by atoms with E-state index in [9.17, 15) is 22.8 Å². The number of rotatable bonds is 1. The molecule has 1 rings (SSSR count). The van der Waals surface area contributed by atoms with Crippen LogP contribution >= 0.6 is 0 Å². The molecule has 0 aromatic rings. The lowest BCUT2D eigenvalue weighted by molar-refractivity contribution is -0.188. The van der Waals surface area contributed by atoms with Crippen LogP contribution in [0.5, 0.6) is 0 Å². The highest BCUT2D eigenvalue weighted by atomic mass is 19.4. The number of carbonyl (C=O) groups is 2. The van der Waals surface area contributed by atoms with E-state index in [4.69, 9.17) is 0 Å². The van der Waals surface area contributed by atoms with Gasteiger partial charge in [-0.15, -0.1) is 0 Å². The van der Waals surface area contributed by atoms with Gasteiger partial charge < -0.3 is 9.64 Å². The number of amides is 1. The maximum atomic E-state index is 12.1. The minimum absolute atomic E-state index is 0.0574. The van der Waals surface area contributed by atoms with E-state index in [2.05, 4.69) is 4.74 Å². The first-order chi connectivity index (χ1) is 6.88. The Morgan fingerprint density at radius 2 is 2.00 bits per heavy atom. The Balaban J connectivity index is 2.77. The largest absolute Gasteiger partial charge is 0.471 e. The fraction of sp³-hybridized carbons (Fsp3) is 0.750. The molecule has 0 N–H and O–H groups in total. The minimum Gasteiger partial charge on any atom is -0.467 e. The summed E-state index contributed by atoms with van der Waals surface area (Å²) in [7, 11) is 1.08. The van der Waals surface area contributed by atoms with Crippen LogP contribution in [-0.4, -0.2) is 42.6 Å². The van der Waals surface area contributed by atoms with Crippen LogP contribution in [0.3, 0.4) is 0 Å². The van der Waals surface area contributed by atoms with Crippen LogP contribution in [0, 0.1) is 0 Å². The van der Waals surface area contributed by atoms with E-state index >= 15 is 0 Å². The smallest absolute Gasteiger partial charge is 0.467 e. The van der Waals surface area contributed by atoms with Gasteiger partial charge in [-0.05, 0) is 12.8 Å². The minimum atomic E-state index is -4.93. The molecule has 15 heavy (non-hydrogen) atoms. The van der Waals surface area contributed by atoms with Gasteiger partial charge in [0.2, 0.25) is 0 Å². The number of ether oxygens (including phenoxy) is 1. The number of nitrogens with zero attached hydrogens (tertiary/aromatic N) is 1. The van der Waals surface area contributed by atoms with Gasteiger partial charge >= 0.3 is 18.1 Å². The van der Waals surface area contributed by atoms with Gasteiger partial charge in [-0.25, -0.2) is 4.79 Å². The lowest BCUT2D eigenvalue weighted by atomic mass is 10.2. The Morgan fingerprint density at radius 1 is 1.40 bits per heavy atom. The molecule has 1 fully saturated rings. The van der Waals surface area contributed by atoms with Gasteiger partial charge in [-0.2, -0.15) is 13.2 Å². The van der Waals surface area contributed by atoms with E-state index in [0.29, 0.717) is 11.3 Å². The predicted molar refractivity (Wildman–Crippen MR) is 42.8 cm³/mol. The molecule has 1 saturated heterocycles. The molecule has 1 atom stereocenters. The molecule has 0 saturated carbocycles. The number of halogens is 3. The van der Waals surface area contributed by atoms with Crippen molar-refractivity contribution < 1.29 is 27.5 Å². The average molecular weight is 225 g/mol. The van der Waals surface area contributed by atoms with Crippen LogP contribution in [0.4, 0.5) is 13.2 Å². The third-order valence-corrected chi connectivity index (χ3v) is 2.23. The van der Waals surface area contributed by atoms with Crippen molar-refractivity contribution in [3.05, 3.63) is 0 Å². The molecular formula is C8H10F3NO3. The number of hydrogen-bond donors (Lipinski definition) is 0. The van der Waals surface area contributed by atoms with Gasteiger partial charge in [-0.1, -0.05) is 0 Å². The predicted octanol–water partition coefficient (Wildman–Crippen LogP) is 0.713. The van der Waals surface area contributed by atoms with Crippen LogP contribution in [0.25, 0.3) is 0 Å². The Hall–Kier alpha value is -1.27. The van der Waals surface area contributed by atoms with Crippen LogP contribution in [0.1, 0.15) is 12.8 Å². The zero-order valence-electron chi connectivity index (χ0n) is 8.00. The maximum absolute atomic E-state index is 12.1. The quantitative estimate of drug-likeness (QED) is 0.617. The SMILES string of the molecule is COC(=O)[C@@H]1CCCN1C(=O)C(F)(F)F. The van der Waals surface area contributed by atoms with Crippen molar-refractivity contribution in [2.75, 3.05) is 13.7 Å². The molecule has 1 aliphatic heterocycles. The van der Waals surface area contributed by atoms with Crippen LogP contribution < -0.4 is 0 Å². The topological polar surface area (TPSA) is 46.6 Å². The van der Waals surface area contributed by atoms with Crippen LogP contribution in [-0.2, 0) is 14.3 Å². The third kappa shape index (κ3) is 2.40. The second kappa shape index (κ2) is 4.08. The summed E-state index contributed by atoms with van der Waals surface area (Å²) in [5.74, 6) is -2.78. The number of alkyl halides is 3. The normalized spacial score (nSPS) is 21.6. The molecule has 1 heterocycles. The van der Waals surface area contributed by atoms with Crippen molar-refractivity contribution in [3.8, 4) is 0 Å². The molecule has 0 spiro atoms. The second-order valence-corrected chi connectivity index (χ2v) is 3.18. The Labute approximate surface area is 84.0 Å². The fourth-order valence-corrected chi connectivity index (χ4v) is 1.55. The average Bonchev–Trinajstić information content (AvgIpc) is 2.62. The van der Waals surface area contributed by atoms with E-state index in [1.807, 2.05) is 0 Å². The molecule has 0 bridgehead atoms. The Bertz CT molecular complexity index is 277. The van der Waals surface area contributed by atoms with Crippen molar-refractivity contribution >= 4 is 11.9 Å². The van der Waals surface area contributed by atoms with E-state index in [0.717, 1.165) is 7.11 Å². The van der Waals surface area contributed by atoms with Crippen molar-refractivity contribution in [1.29, 1.82) is 0 Å². The highest BCUT2D eigenvalue weighted by Gasteiger charge is 2.47. The van der Waals surface area contributed by atoms with Crippen LogP contribution in [0.2, 0.25) is 0 Å². The Morgan fingerprint density at radius 3 is 2.47 bits per heavy atom. The van der Waals surface area contributed by atoms with Gasteiger partial charge in [-0.3, -0.25) is 4.79 Å². The summed E-state index contributed by atoms with van der Waals surface area (Å²) in [5.41, 5.74) is 0. The zero-order valence-corrected chi connectivity index (χ0v) is 8.00. The van der Waals surface area contributed by atoms with Crippen molar-refractivity contribution in [2.45, 2.75) is 25.1 Å².